The largest absolute Gasteiger partial charge is 0.480 e. The Kier molecular flexibility index (Phi) is 4.28. The van der Waals surface area contributed by atoms with Gasteiger partial charge in [-0.1, -0.05) is 6.08 Å². The zero-order valence-electron chi connectivity index (χ0n) is 10.4. The van der Waals surface area contributed by atoms with E-state index in [1.807, 2.05) is 0 Å². The van der Waals surface area contributed by atoms with Crippen molar-refractivity contribution in [3.05, 3.63) is 12.7 Å². The van der Waals surface area contributed by atoms with Crippen molar-refractivity contribution >= 4 is 11.9 Å². The zero-order chi connectivity index (χ0) is 13.1. The third-order valence-electron chi connectivity index (χ3n) is 3.42. The van der Waals surface area contributed by atoms with Gasteiger partial charge in [0.05, 0.1) is 6.04 Å². The van der Waals surface area contributed by atoms with Gasteiger partial charge >= 0.3 is 5.97 Å². The van der Waals surface area contributed by atoms with Crippen LogP contribution in [0.1, 0.15) is 26.7 Å². The van der Waals surface area contributed by atoms with E-state index in [4.69, 9.17) is 0 Å². The Morgan fingerprint density at radius 2 is 2.29 bits per heavy atom. The molecule has 0 aromatic heterocycles. The third-order valence-corrected chi connectivity index (χ3v) is 3.42. The Labute approximate surface area is 101 Å². The molecule has 1 aliphatic heterocycles. The number of carbonyl (C=O) groups is 2. The van der Waals surface area contributed by atoms with Crippen LogP contribution in [0.25, 0.3) is 0 Å². The highest BCUT2D eigenvalue weighted by Gasteiger charge is 2.46. The van der Waals surface area contributed by atoms with Gasteiger partial charge in [-0.25, -0.2) is 0 Å². The molecule has 5 nitrogen and oxygen atoms in total. The molecule has 0 aliphatic carbocycles. The molecule has 2 unspecified atom stereocenters. The van der Waals surface area contributed by atoms with E-state index in [2.05, 4.69) is 11.9 Å². The normalized spacial score (nSPS) is 26.5. The van der Waals surface area contributed by atoms with E-state index in [1.165, 1.54) is 0 Å². The maximum atomic E-state index is 11.8. The van der Waals surface area contributed by atoms with E-state index < -0.39 is 17.6 Å². The van der Waals surface area contributed by atoms with Crippen molar-refractivity contribution in [3.63, 3.8) is 0 Å². The van der Waals surface area contributed by atoms with Crippen LogP contribution in [0.5, 0.6) is 0 Å². The van der Waals surface area contributed by atoms with Crippen LogP contribution in [-0.2, 0) is 9.59 Å². The maximum Gasteiger partial charge on any atom is 0.323 e. The number of nitrogens with zero attached hydrogens (tertiary/aromatic N) is 1. The summed E-state index contributed by atoms with van der Waals surface area (Å²) >= 11 is 0. The topological polar surface area (TPSA) is 69.6 Å². The number of aliphatic carboxylic acids is 1. The number of nitrogens with one attached hydrogen (secondary N) is 1. The molecule has 17 heavy (non-hydrogen) atoms. The molecule has 1 heterocycles. The highest BCUT2D eigenvalue weighted by atomic mass is 16.4. The predicted molar refractivity (Wildman–Crippen MR) is 64.6 cm³/mol. The summed E-state index contributed by atoms with van der Waals surface area (Å²) in [6.07, 6.45) is 2.99. The van der Waals surface area contributed by atoms with Crippen molar-refractivity contribution in [2.45, 2.75) is 38.3 Å². The number of hydrogen-bond donors (Lipinski definition) is 2. The summed E-state index contributed by atoms with van der Waals surface area (Å²) in [6.45, 7) is 7.99. The molecule has 0 aromatic rings. The number of rotatable bonds is 5. The van der Waals surface area contributed by atoms with Gasteiger partial charge in [-0.15, -0.1) is 6.58 Å². The zero-order valence-corrected chi connectivity index (χ0v) is 10.4. The molecule has 1 saturated heterocycles. The molecule has 0 spiro atoms. The fourth-order valence-electron chi connectivity index (χ4n) is 2.30. The first-order valence-electron chi connectivity index (χ1n) is 5.82. The van der Waals surface area contributed by atoms with Crippen molar-refractivity contribution in [1.82, 2.24) is 10.2 Å². The molecule has 0 bridgehead atoms. The van der Waals surface area contributed by atoms with Crippen LogP contribution in [0.4, 0.5) is 0 Å². The van der Waals surface area contributed by atoms with E-state index in [1.54, 1.807) is 24.8 Å². The van der Waals surface area contributed by atoms with E-state index in [9.17, 15) is 14.7 Å². The van der Waals surface area contributed by atoms with Crippen LogP contribution in [0, 0.1) is 0 Å². The molecular formula is C12H20N2O3. The second-order valence-electron chi connectivity index (χ2n) is 4.59. The Hall–Kier alpha value is -1.36. The maximum absolute atomic E-state index is 11.8. The average Bonchev–Trinajstić information content (AvgIpc) is 2.68. The quantitative estimate of drug-likeness (QED) is 0.691. The lowest BCUT2D eigenvalue weighted by Crippen LogP contribution is -2.56. The van der Waals surface area contributed by atoms with Gasteiger partial charge in [0.1, 0.15) is 5.54 Å². The fraction of sp³-hybridized carbons (Fsp3) is 0.667. The van der Waals surface area contributed by atoms with Crippen molar-refractivity contribution in [2.75, 3.05) is 13.1 Å². The number of carbonyl (C=O) groups excluding carboxylic acids is 1. The first kappa shape index (κ1) is 13.7. The molecule has 1 amide bonds. The van der Waals surface area contributed by atoms with E-state index in [0.717, 1.165) is 6.42 Å². The molecule has 96 valence electrons. The average molecular weight is 240 g/mol. The Bertz CT molecular complexity index is 330. The van der Waals surface area contributed by atoms with Crippen molar-refractivity contribution < 1.29 is 14.7 Å². The van der Waals surface area contributed by atoms with Gasteiger partial charge in [-0.3, -0.25) is 14.5 Å². The molecular weight excluding hydrogens is 220 g/mol. The van der Waals surface area contributed by atoms with Crippen molar-refractivity contribution in [3.8, 4) is 0 Å². The summed E-state index contributed by atoms with van der Waals surface area (Å²) in [4.78, 5) is 24.8. The van der Waals surface area contributed by atoms with Crippen molar-refractivity contribution in [2.24, 2.45) is 0 Å². The minimum absolute atomic E-state index is 0.153. The van der Waals surface area contributed by atoms with Crippen LogP contribution in [0.2, 0.25) is 0 Å². The molecule has 2 N–H and O–H groups in total. The number of carboxylic acid groups (broad SMARTS) is 1. The SMILES string of the molecule is C=CCNC(=O)C(C)N1CCCC1(C)C(=O)O. The second-order valence-corrected chi connectivity index (χ2v) is 4.59. The number of likely N-dealkylation sites (tertiary alicyclic amines) is 1. The van der Waals surface area contributed by atoms with E-state index in [-0.39, 0.29) is 5.91 Å². The second kappa shape index (κ2) is 5.31. The summed E-state index contributed by atoms with van der Waals surface area (Å²) < 4.78 is 0. The standard InChI is InChI=1S/C12H20N2O3/c1-4-7-13-10(15)9(2)14-8-5-6-12(14,3)11(16)17/h4,9H,1,5-8H2,2-3H3,(H,13,15)(H,16,17). The lowest BCUT2D eigenvalue weighted by Gasteiger charge is -2.35. The first-order valence-corrected chi connectivity index (χ1v) is 5.82. The third kappa shape index (κ3) is 2.66. The van der Waals surface area contributed by atoms with Gasteiger partial charge in [-0.05, 0) is 26.7 Å². The van der Waals surface area contributed by atoms with Gasteiger partial charge < -0.3 is 10.4 Å². The van der Waals surface area contributed by atoms with Gasteiger partial charge in [0.15, 0.2) is 0 Å². The van der Waals surface area contributed by atoms with Gasteiger partial charge in [0.25, 0.3) is 0 Å². The highest BCUT2D eigenvalue weighted by Crippen LogP contribution is 2.31. The lowest BCUT2D eigenvalue weighted by molar-refractivity contribution is -0.151. The fourth-order valence-corrected chi connectivity index (χ4v) is 2.30. The van der Waals surface area contributed by atoms with Gasteiger partial charge in [-0.2, -0.15) is 0 Å². The number of carboxylic acids is 1. The van der Waals surface area contributed by atoms with Gasteiger partial charge in [0.2, 0.25) is 5.91 Å². The molecule has 1 rings (SSSR count). The summed E-state index contributed by atoms with van der Waals surface area (Å²) in [5.74, 6) is -1.02. The van der Waals surface area contributed by atoms with E-state index >= 15 is 0 Å². The molecule has 5 heteroatoms. The Morgan fingerprint density at radius 3 is 2.82 bits per heavy atom. The molecule has 0 aromatic carbocycles. The Morgan fingerprint density at radius 1 is 1.65 bits per heavy atom. The summed E-state index contributed by atoms with van der Waals surface area (Å²) in [6, 6.07) is -0.432. The van der Waals surface area contributed by atoms with Crippen LogP contribution >= 0.6 is 0 Å². The van der Waals surface area contributed by atoms with Crippen LogP contribution in [0.15, 0.2) is 12.7 Å². The summed E-state index contributed by atoms with van der Waals surface area (Å²) in [7, 11) is 0. The molecule has 1 aliphatic rings. The van der Waals surface area contributed by atoms with Crippen molar-refractivity contribution in [1.29, 1.82) is 0 Å². The monoisotopic (exact) mass is 240 g/mol. The van der Waals surface area contributed by atoms with Crippen LogP contribution < -0.4 is 5.32 Å². The van der Waals surface area contributed by atoms with Gasteiger partial charge in [0, 0.05) is 13.1 Å². The first-order chi connectivity index (χ1) is 7.93. The minimum Gasteiger partial charge on any atom is -0.480 e. The molecule has 2 atom stereocenters. The Balaban J connectivity index is 2.74. The lowest BCUT2D eigenvalue weighted by atomic mass is 9.98. The molecule has 0 radical (unpaired) electrons. The predicted octanol–water partition coefficient (Wildman–Crippen LogP) is 0.616. The van der Waals surface area contributed by atoms with Crippen LogP contribution in [-0.4, -0.2) is 46.6 Å². The molecule has 0 saturated carbocycles. The minimum atomic E-state index is -0.926. The summed E-state index contributed by atoms with van der Waals surface area (Å²) in [5, 5.41) is 12.0. The number of hydrogen-bond acceptors (Lipinski definition) is 3. The highest BCUT2D eigenvalue weighted by molar-refractivity contribution is 5.84. The molecule has 1 fully saturated rings. The van der Waals surface area contributed by atoms with Crippen LogP contribution in [0.3, 0.4) is 0 Å². The number of amides is 1. The summed E-state index contributed by atoms with van der Waals surface area (Å²) in [5.41, 5.74) is -0.926. The van der Waals surface area contributed by atoms with E-state index in [0.29, 0.717) is 19.5 Å². The smallest absolute Gasteiger partial charge is 0.323 e.